The van der Waals surface area contributed by atoms with Gasteiger partial charge in [0.1, 0.15) is 0 Å². The number of anilines is 1. The van der Waals surface area contributed by atoms with Crippen molar-refractivity contribution in [1.82, 2.24) is 5.32 Å². The summed E-state index contributed by atoms with van der Waals surface area (Å²) in [6, 6.07) is 8.08. The van der Waals surface area contributed by atoms with Crippen molar-refractivity contribution < 1.29 is 4.79 Å². The maximum atomic E-state index is 11.8. The molecule has 1 heterocycles. The van der Waals surface area contributed by atoms with Crippen LogP contribution in [0.3, 0.4) is 0 Å². The molecule has 1 amide bonds. The van der Waals surface area contributed by atoms with E-state index in [0.717, 1.165) is 18.7 Å². The predicted octanol–water partition coefficient (Wildman–Crippen LogP) is 2.43. The van der Waals surface area contributed by atoms with Crippen molar-refractivity contribution in [2.75, 3.05) is 18.0 Å². The Kier molecular flexibility index (Phi) is 3.67. The van der Waals surface area contributed by atoms with E-state index < -0.39 is 0 Å². The number of amides is 1. The Morgan fingerprint density at radius 1 is 1.18 bits per heavy atom. The molecule has 17 heavy (non-hydrogen) atoms. The first-order valence-corrected chi connectivity index (χ1v) is 6.32. The largest absolute Gasteiger partial charge is 0.372 e. The molecule has 0 aliphatic carbocycles. The van der Waals surface area contributed by atoms with E-state index in [1.165, 1.54) is 18.5 Å². The highest BCUT2D eigenvalue weighted by Gasteiger charge is 2.13. The summed E-state index contributed by atoms with van der Waals surface area (Å²) in [6.45, 7) is 6.21. The molecule has 1 aliphatic heterocycles. The molecule has 3 nitrogen and oxygen atoms in total. The molecule has 1 saturated heterocycles. The Hall–Kier alpha value is -1.51. The van der Waals surface area contributed by atoms with Gasteiger partial charge < -0.3 is 10.2 Å². The fraction of sp³-hybridized carbons (Fsp3) is 0.500. The molecule has 1 aliphatic rings. The second-order valence-electron chi connectivity index (χ2n) is 4.87. The third-order valence-electron chi connectivity index (χ3n) is 3.02. The lowest BCUT2D eigenvalue weighted by atomic mass is 10.1. The lowest BCUT2D eigenvalue weighted by Gasteiger charge is -2.17. The van der Waals surface area contributed by atoms with Gasteiger partial charge in [0.05, 0.1) is 0 Å². The molecule has 0 unspecified atom stereocenters. The molecule has 1 aromatic carbocycles. The predicted molar refractivity (Wildman–Crippen MR) is 70.5 cm³/mol. The monoisotopic (exact) mass is 232 g/mol. The number of rotatable bonds is 3. The zero-order valence-electron chi connectivity index (χ0n) is 10.6. The van der Waals surface area contributed by atoms with Crippen molar-refractivity contribution in [2.24, 2.45) is 0 Å². The van der Waals surface area contributed by atoms with Crippen LogP contribution in [0.1, 0.15) is 37.0 Å². The molecule has 1 N–H and O–H groups in total. The van der Waals surface area contributed by atoms with E-state index in [9.17, 15) is 4.79 Å². The Labute approximate surface area is 103 Å². The standard InChI is InChI=1S/C14H20N2O/c1-11(2)15-14(17)12-5-7-13(8-6-12)16-9-3-4-10-16/h5-8,11H,3-4,9-10H2,1-2H3,(H,15,17). The average Bonchev–Trinajstić information content (AvgIpc) is 2.82. The van der Waals surface area contributed by atoms with Crippen molar-refractivity contribution in [3.8, 4) is 0 Å². The molecule has 0 atom stereocenters. The van der Waals surface area contributed by atoms with E-state index in [1.807, 2.05) is 38.1 Å². The minimum absolute atomic E-state index is 0.00738. The second kappa shape index (κ2) is 5.21. The first kappa shape index (κ1) is 12.0. The number of carbonyl (C=O) groups excluding carboxylic acids is 1. The number of hydrogen-bond donors (Lipinski definition) is 1. The molecule has 0 saturated carbocycles. The zero-order chi connectivity index (χ0) is 12.3. The van der Waals surface area contributed by atoms with Gasteiger partial charge in [0.15, 0.2) is 0 Å². The van der Waals surface area contributed by atoms with Gasteiger partial charge >= 0.3 is 0 Å². The van der Waals surface area contributed by atoms with Crippen LogP contribution in [0.5, 0.6) is 0 Å². The summed E-state index contributed by atoms with van der Waals surface area (Å²) in [4.78, 5) is 14.1. The van der Waals surface area contributed by atoms with Crippen molar-refractivity contribution >= 4 is 11.6 Å². The maximum absolute atomic E-state index is 11.8. The molecule has 2 rings (SSSR count). The highest BCUT2D eigenvalue weighted by Crippen LogP contribution is 2.20. The van der Waals surface area contributed by atoms with Crippen molar-refractivity contribution in [2.45, 2.75) is 32.7 Å². The smallest absolute Gasteiger partial charge is 0.251 e. The first-order valence-electron chi connectivity index (χ1n) is 6.32. The first-order chi connectivity index (χ1) is 8.16. The van der Waals surface area contributed by atoms with Crippen molar-refractivity contribution in [3.05, 3.63) is 29.8 Å². The van der Waals surface area contributed by atoms with Gasteiger partial charge in [-0.25, -0.2) is 0 Å². The topological polar surface area (TPSA) is 32.3 Å². The molecule has 3 heteroatoms. The quantitative estimate of drug-likeness (QED) is 0.868. The van der Waals surface area contributed by atoms with Gasteiger partial charge in [0, 0.05) is 30.4 Å². The van der Waals surface area contributed by atoms with Gasteiger partial charge in [-0.1, -0.05) is 0 Å². The van der Waals surface area contributed by atoms with Gasteiger partial charge in [-0.2, -0.15) is 0 Å². The number of nitrogens with one attached hydrogen (secondary N) is 1. The Morgan fingerprint density at radius 3 is 2.29 bits per heavy atom. The average molecular weight is 232 g/mol. The summed E-state index contributed by atoms with van der Waals surface area (Å²) < 4.78 is 0. The summed E-state index contributed by atoms with van der Waals surface area (Å²) >= 11 is 0. The third-order valence-corrected chi connectivity index (χ3v) is 3.02. The molecule has 0 spiro atoms. The summed E-state index contributed by atoms with van der Waals surface area (Å²) in [5.41, 5.74) is 1.96. The van der Waals surface area contributed by atoms with Crippen molar-refractivity contribution in [3.63, 3.8) is 0 Å². The van der Waals surface area contributed by atoms with Gasteiger partial charge in [-0.3, -0.25) is 4.79 Å². The number of nitrogens with zero attached hydrogens (tertiary/aromatic N) is 1. The third kappa shape index (κ3) is 2.99. The van der Waals surface area contributed by atoms with Crippen LogP contribution in [0.4, 0.5) is 5.69 Å². The van der Waals surface area contributed by atoms with Gasteiger partial charge in [0.25, 0.3) is 5.91 Å². The van der Waals surface area contributed by atoms with Crippen LogP contribution in [0.25, 0.3) is 0 Å². The lowest BCUT2D eigenvalue weighted by Crippen LogP contribution is -2.30. The molecule has 0 aromatic heterocycles. The van der Waals surface area contributed by atoms with Gasteiger partial charge in [-0.15, -0.1) is 0 Å². The summed E-state index contributed by atoms with van der Waals surface area (Å²) in [6.07, 6.45) is 2.55. The van der Waals surface area contributed by atoms with E-state index in [4.69, 9.17) is 0 Å². The fourth-order valence-corrected chi connectivity index (χ4v) is 2.14. The minimum atomic E-state index is 0.00738. The molecule has 1 aromatic rings. The van der Waals surface area contributed by atoms with E-state index in [1.54, 1.807) is 0 Å². The zero-order valence-corrected chi connectivity index (χ0v) is 10.6. The van der Waals surface area contributed by atoms with Crippen molar-refractivity contribution in [1.29, 1.82) is 0 Å². The van der Waals surface area contributed by atoms with Crippen LogP contribution in [-0.4, -0.2) is 25.0 Å². The summed E-state index contributed by atoms with van der Waals surface area (Å²) in [7, 11) is 0. The Morgan fingerprint density at radius 2 is 1.76 bits per heavy atom. The van der Waals surface area contributed by atoms with E-state index in [2.05, 4.69) is 10.2 Å². The number of carbonyl (C=O) groups is 1. The van der Waals surface area contributed by atoms with Crippen LogP contribution >= 0.6 is 0 Å². The number of benzene rings is 1. The van der Waals surface area contributed by atoms with Gasteiger partial charge in [0.2, 0.25) is 0 Å². The molecular formula is C14H20N2O. The SMILES string of the molecule is CC(C)NC(=O)c1ccc(N2CCCC2)cc1. The summed E-state index contributed by atoms with van der Waals surface area (Å²) in [5, 5.41) is 2.90. The van der Waals surface area contributed by atoms with Crippen LogP contribution in [-0.2, 0) is 0 Å². The van der Waals surface area contributed by atoms with Crippen LogP contribution in [0, 0.1) is 0 Å². The number of hydrogen-bond acceptors (Lipinski definition) is 2. The highest BCUT2D eigenvalue weighted by molar-refractivity contribution is 5.94. The second-order valence-corrected chi connectivity index (χ2v) is 4.87. The highest BCUT2D eigenvalue weighted by atomic mass is 16.1. The Bertz CT molecular complexity index is 378. The Balaban J connectivity index is 2.04. The lowest BCUT2D eigenvalue weighted by molar-refractivity contribution is 0.0943. The fourth-order valence-electron chi connectivity index (χ4n) is 2.14. The molecule has 1 fully saturated rings. The molecule has 0 bridgehead atoms. The van der Waals surface area contributed by atoms with Crippen LogP contribution in [0.15, 0.2) is 24.3 Å². The normalized spacial score (nSPS) is 15.4. The van der Waals surface area contributed by atoms with E-state index >= 15 is 0 Å². The molecule has 0 radical (unpaired) electrons. The molecule has 92 valence electrons. The minimum Gasteiger partial charge on any atom is -0.372 e. The summed E-state index contributed by atoms with van der Waals surface area (Å²) in [5.74, 6) is 0.00738. The van der Waals surface area contributed by atoms with Gasteiger partial charge in [-0.05, 0) is 51.0 Å². The van der Waals surface area contributed by atoms with Crippen LogP contribution in [0.2, 0.25) is 0 Å². The van der Waals surface area contributed by atoms with Crippen LogP contribution < -0.4 is 10.2 Å². The molecular weight excluding hydrogens is 212 g/mol. The maximum Gasteiger partial charge on any atom is 0.251 e. The van der Waals surface area contributed by atoms with E-state index in [-0.39, 0.29) is 11.9 Å². The van der Waals surface area contributed by atoms with E-state index in [0.29, 0.717) is 0 Å².